The molecule has 1 saturated heterocycles. The highest BCUT2D eigenvalue weighted by molar-refractivity contribution is 6.32. The molecule has 1 aromatic heterocycles. The first kappa shape index (κ1) is 14.3. The van der Waals surface area contributed by atoms with Crippen molar-refractivity contribution in [1.82, 2.24) is 14.7 Å². The molecule has 6 heteroatoms. The fraction of sp³-hybridized carbons (Fsp3) is 0.692. The van der Waals surface area contributed by atoms with Crippen molar-refractivity contribution in [1.29, 1.82) is 0 Å². The minimum absolute atomic E-state index is 0.223. The Bertz CT molecular complexity index is 480. The summed E-state index contributed by atoms with van der Waals surface area (Å²) in [5.74, 6) is 0.766. The third-order valence-electron chi connectivity index (χ3n) is 3.78. The lowest BCUT2D eigenvalue weighted by Crippen LogP contribution is -2.31. The third kappa shape index (κ3) is 3.70. The van der Waals surface area contributed by atoms with Crippen molar-refractivity contribution in [3.8, 4) is 0 Å². The van der Waals surface area contributed by atoms with E-state index in [1.165, 1.54) is 30.6 Å². The van der Waals surface area contributed by atoms with E-state index < -0.39 is 0 Å². The Morgan fingerprint density at radius 2 is 2.11 bits per heavy atom. The number of aryl methyl sites for hydroxylation is 1. The summed E-state index contributed by atoms with van der Waals surface area (Å²) >= 11 is 6.00. The number of hydrogen-bond acceptors (Lipinski definition) is 4. The van der Waals surface area contributed by atoms with E-state index in [2.05, 4.69) is 22.4 Å². The highest BCUT2D eigenvalue weighted by Crippen LogP contribution is 2.20. The van der Waals surface area contributed by atoms with Crippen LogP contribution in [0.2, 0.25) is 5.02 Å². The first-order valence-corrected chi connectivity index (χ1v) is 7.10. The predicted octanol–water partition coefficient (Wildman–Crippen LogP) is 1.58. The maximum atomic E-state index is 11.6. The summed E-state index contributed by atoms with van der Waals surface area (Å²) < 4.78 is 1.24. The molecule has 1 aliphatic rings. The molecule has 106 valence electrons. The number of hydrogen-bond donors (Lipinski definition) is 1. The molecule has 0 aromatic carbocycles. The lowest BCUT2D eigenvalue weighted by molar-refractivity contribution is 0.215. The maximum absolute atomic E-state index is 11.6. The maximum Gasteiger partial charge on any atom is 0.287 e. The van der Waals surface area contributed by atoms with Crippen molar-refractivity contribution in [2.45, 2.75) is 19.3 Å². The van der Waals surface area contributed by atoms with Gasteiger partial charge in [-0.1, -0.05) is 11.6 Å². The molecule has 1 N–H and O–H groups in total. The van der Waals surface area contributed by atoms with Crippen LogP contribution in [0.5, 0.6) is 0 Å². The number of nitrogens with zero attached hydrogens (tertiary/aromatic N) is 3. The van der Waals surface area contributed by atoms with Crippen LogP contribution >= 0.6 is 11.6 Å². The Hall–Kier alpha value is -1.07. The van der Waals surface area contributed by atoms with Gasteiger partial charge < -0.3 is 10.2 Å². The molecule has 0 radical (unpaired) electrons. The van der Waals surface area contributed by atoms with Crippen molar-refractivity contribution >= 4 is 17.3 Å². The third-order valence-corrected chi connectivity index (χ3v) is 4.15. The average molecular weight is 285 g/mol. The Kier molecular flexibility index (Phi) is 4.82. The van der Waals surface area contributed by atoms with Crippen LogP contribution in [0.1, 0.15) is 19.3 Å². The number of likely N-dealkylation sites (tertiary alicyclic amines) is 1. The van der Waals surface area contributed by atoms with E-state index in [0.29, 0.717) is 5.69 Å². The van der Waals surface area contributed by atoms with Crippen molar-refractivity contribution in [2.24, 2.45) is 13.0 Å². The highest BCUT2D eigenvalue weighted by Gasteiger charge is 2.16. The number of halogens is 1. The molecule has 19 heavy (non-hydrogen) atoms. The van der Waals surface area contributed by atoms with Gasteiger partial charge in [-0.2, -0.15) is 5.10 Å². The number of nitrogens with one attached hydrogen (secondary N) is 1. The van der Waals surface area contributed by atoms with Gasteiger partial charge in [-0.05, 0) is 45.3 Å². The zero-order chi connectivity index (χ0) is 13.8. The zero-order valence-electron chi connectivity index (χ0n) is 11.5. The van der Waals surface area contributed by atoms with Crippen molar-refractivity contribution in [2.75, 3.05) is 32.0 Å². The van der Waals surface area contributed by atoms with Crippen LogP contribution in [0, 0.1) is 5.92 Å². The van der Waals surface area contributed by atoms with E-state index >= 15 is 0 Å². The Morgan fingerprint density at radius 3 is 2.79 bits per heavy atom. The van der Waals surface area contributed by atoms with Crippen LogP contribution in [0.15, 0.2) is 11.0 Å². The molecule has 1 aromatic rings. The van der Waals surface area contributed by atoms with Gasteiger partial charge in [0.1, 0.15) is 5.02 Å². The van der Waals surface area contributed by atoms with Crippen LogP contribution in [-0.4, -0.2) is 41.4 Å². The predicted molar refractivity (Wildman–Crippen MR) is 77.8 cm³/mol. The van der Waals surface area contributed by atoms with Gasteiger partial charge in [0.25, 0.3) is 5.56 Å². The summed E-state index contributed by atoms with van der Waals surface area (Å²) in [6.45, 7) is 3.20. The van der Waals surface area contributed by atoms with Crippen LogP contribution in [0.4, 0.5) is 5.69 Å². The number of piperidine rings is 1. The van der Waals surface area contributed by atoms with Gasteiger partial charge in [-0.15, -0.1) is 0 Å². The second kappa shape index (κ2) is 6.39. The molecule has 0 spiro atoms. The average Bonchev–Trinajstić information content (AvgIpc) is 2.41. The normalized spacial score (nSPS) is 17.6. The van der Waals surface area contributed by atoms with Gasteiger partial charge >= 0.3 is 0 Å². The first-order chi connectivity index (χ1) is 9.08. The van der Waals surface area contributed by atoms with Crippen LogP contribution in [0.3, 0.4) is 0 Å². The molecular weight excluding hydrogens is 264 g/mol. The summed E-state index contributed by atoms with van der Waals surface area (Å²) in [4.78, 5) is 14.0. The van der Waals surface area contributed by atoms with E-state index in [9.17, 15) is 4.79 Å². The van der Waals surface area contributed by atoms with Gasteiger partial charge in [0.05, 0.1) is 11.9 Å². The number of anilines is 1. The molecule has 0 bridgehead atoms. The molecule has 1 fully saturated rings. The quantitative estimate of drug-likeness (QED) is 0.912. The summed E-state index contributed by atoms with van der Waals surface area (Å²) in [7, 11) is 3.76. The standard InChI is InChI=1S/C13H21ClN4O/c1-17-7-4-10(5-8-17)3-6-15-11-9-16-18(2)13(19)12(11)14/h9-10,15H,3-8H2,1-2H3. The molecule has 0 saturated carbocycles. The lowest BCUT2D eigenvalue weighted by atomic mass is 9.94. The highest BCUT2D eigenvalue weighted by atomic mass is 35.5. The molecule has 0 atom stereocenters. The second-order valence-corrected chi connectivity index (χ2v) is 5.64. The van der Waals surface area contributed by atoms with E-state index in [-0.39, 0.29) is 10.6 Å². The Morgan fingerprint density at radius 1 is 1.42 bits per heavy atom. The molecule has 1 aliphatic heterocycles. The molecule has 5 nitrogen and oxygen atoms in total. The molecule has 2 rings (SSSR count). The topological polar surface area (TPSA) is 50.2 Å². The second-order valence-electron chi connectivity index (χ2n) is 5.26. The Balaban J connectivity index is 1.83. The smallest absolute Gasteiger partial charge is 0.287 e. The minimum atomic E-state index is -0.258. The SMILES string of the molecule is CN1CCC(CCNc2cnn(C)c(=O)c2Cl)CC1. The van der Waals surface area contributed by atoms with Gasteiger partial charge in [0.2, 0.25) is 0 Å². The van der Waals surface area contributed by atoms with Gasteiger partial charge in [-0.3, -0.25) is 4.79 Å². The molecule has 0 amide bonds. The fourth-order valence-corrected chi connectivity index (χ4v) is 2.63. The first-order valence-electron chi connectivity index (χ1n) is 6.72. The van der Waals surface area contributed by atoms with Crippen molar-refractivity contribution < 1.29 is 0 Å². The summed E-state index contributed by atoms with van der Waals surface area (Å²) in [6.07, 6.45) is 5.22. The van der Waals surface area contributed by atoms with E-state index in [1.54, 1.807) is 13.2 Å². The van der Waals surface area contributed by atoms with Gasteiger partial charge in [-0.25, -0.2) is 4.68 Å². The largest absolute Gasteiger partial charge is 0.382 e. The minimum Gasteiger partial charge on any atom is -0.382 e. The number of rotatable bonds is 4. The zero-order valence-corrected chi connectivity index (χ0v) is 12.3. The van der Waals surface area contributed by atoms with Gasteiger partial charge in [0, 0.05) is 13.6 Å². The monoisotopic (exact) mass is 284 g/mol. The van der Waals surface area contributed by atoms with Gasteiger partial charge in [0.15, 0.2) is 0 Å². The Labute approximate surface area is 118 Å². The van der Waals surface area contributed by atoms with E-state index in [1.807, 2.05) is 0 Å². The molecule has 2 heterocycles. The molecule has 0 unspecified atom stereocenters. The van der Waals surface area contributed by atoms with Crippen LogP contribution in [0.25, 0.3) is 0 Å². The van der Waals surface area contributed by atoms with Crippen LogP contribution in [-0.2, 0) is 7.05 Å². The molecular formula is C13H21ClN4O. The lowest BCUT2D eigenvalue weighted by Gasteiger charge is -2.29. The number of aromatic nitrogens is 2. The molecule has 0 aliphatic carbocycles. The fourth-order valence-electron chi connectivity index (χ4n) is 2.40. The summed E-state index contributed by atoms with van der Waals surface area (Å²) in [5, 5.41) is 7.41. The van der Waals surface area contributed by atoms with Crippen molar-refractivity contribution in [3.05, 3.63) is 21.6 Å². The summed E-state index contributed by atoms with van der Waals surface area (Å²) in [6, 6.07) is 0. The van der Waals surface area contributed by atoms with Crippen LogP contribution < -0.4 is 10.9 Å². The van der Waals surface area contributed by atoms with E-state index in [0.717, 1.165) is 18.9 Å². The summed E-state index contributed by atoms with van der Waals surface area (Å²) in [5.41, 5.74) is 0.378. The van der Waals surface area contributed by atoms with E-state index in [4.69, 9.17) is 11.6 Å². The van der Waals surface area contributed by atoms with Crippen molar-refractivity contribution in [3.63, 3.8) is 0 Å².